The molecule has 2 heterocycles. The molecule has 1 N–H and O–H groups in total. The number of rotatable bonds is 5. The normalized spacial score (nSPS) is 15.5. The SMILES string of the molecule is Cc1c(C#N)c(NC(=O)CN2CCC(C)CC2)n(Cc2ccccc2)c1C. The van der Waals surface area contributed by atoms with E-state index < -0.39 is 0 Å². The summed E-state index contributed by atoms with van der Waals surface area (Å²) in [6.07, 6.45) is 2.28. The van der Waals surface area contributed by atoms with Crippen LogP contribution in [0.5, 0.6) is 0 Å². The maximum atomic E-state index is 12.7. The molecule has 0 saturated carbocycles. The Morgan fingerprint density at radius 2 is 1.89 bits per heavy atom. The van der Waals surface area contributed by atoms with Crippen LogP contribution in [0.2, 0.25) is 0 Å². The summed E-state index contributed by atoms with van der Waals surface area (Å²) in [5, 5.41) is 12.7. The minimum atomic E-state index is -0.0483. The molecule has 5 nitrogen and oxygen atoms in total. The van der Waals surface area contributed by atoms with Crippen molar-refractivity contribution in [3.05, 3.63) is 52.7 Å². The highest BCUT2D eigenvalue weighted by molar-refractivity contribution is 5.93. The lowest BCUT2D eigenvalue weighted by Crippen LogP contribution is -2.39. The van der Waals surface area contributed by atoms with Gasteiger partial charge in [0.25, 0.3) is 0 Å². The molecular formula is C22H28N4O. The first-order valence-corrected chi connectivity index (χ1v) is 9.65. The molecule has 27 heavy (non-hydrogen) atoms. The van der Waals surface area contributed by atoms with Crippen molar-refractivity contribution in [2.75, 3.05) is 25.0 Å². The molecule has 0 aliphatic carbocycles. The summed E-state index contributed by atoms with van der Waals surface area (Å²) < 4.78 is 2.04. The van der Waals surface area contributed by atoms with Crippen LogP contribution in [0.3, 0.4) is 0 Å². The molecule has 142 valence electrons. The molecule has 1 aromatic heterocycles. The summed E-state index contributed by atoms with van der Waals surface area (Å²) in [6.45, 7) is 9.14. The number of aromatic nitrogens is 1. The smallest absolute Gasteiger partial charge is 0.239 e. The Morgan fingerprint density at radius 3 is 2.52 bits per heavy atom. The minimum Gasteiger partial charge on any atom is -0.326 e. The molecule has 1 aliphatic rings. The van der Waals surface area contributed by atoms with Crippen molar-refractivity contribution >= 4 is 11.7 Å². The highest BCUT2D eigenvalue weighted by atomic mass is 16.2. The van der Waals surface area contributed by atoms with Crippen LogP contribution in [0.15, 0.2) is 30.3 Å². The molecular weight excluding hydrogens is 336 g/mol. The van der Waals surface area contributed by atoms with Crippen molar-refractivity contribution in [3.8, 4) is 6.07 Å². The van der Waals surface area contributed by atoms with Crippen LogP contribution in [0.25, 0.3) is 0 Å². The fourth-order valence-corrected chi connectivity index (χ4v) is 3.69. The number of likely N-dealkylation sites (tertiary alicyclic amines) is 1. The van der Waals surface area contributed by atoms with Gasteiger partial charge in [-0.3, -0.25) is 9.69 Å². The quantitative estimate of drug-likeness (QED) is 0.880. The molecule has 1 amide bonds. The third-order valence-electron chi connectivity index (χ3n) is 5.63. The van der Waals surface area contributed by atoms with Gasteiger partial charge in [0.2, 0.25) is 5.91 Å². The van der Waals surface area contributed by atoms with E-state index in [-0.39, 0.29) is 5.91 Å². The van der Waals surface area contributed by atoms with Crippen LogP contribution in [0, 0.1) is 31.1 Å². The molecule has 1 aliphatic heterocycles. The molecule has 3 rings (SSSR count). The summed E-state index contributed by atoms with van der Waals surface area (Å²) in [5.41, 5.74) is 3.64. The predicted octanol–water partition coefficient (Wildman–Crippen LogP) is 3.70. The van der Waals surface area contributed by atoms with E-state index in [0.717, 1.165) is 48.7 Å². The Hall–Kier alpha value is -2.58. The van der Waals surface area contributed by atoms with Crippen molar-refractivity contribution in [3.63, 3.8) is 0 Å². The van der Waals surface area contributed by atoms with Gasteiger partial charge in [0, 0.05) is 12.2 Å². The summed E-state index contributed by atoms with van der Waals surface area (Å²) in [6, 6.07) is 12.4. The van der Waals surface area contributed by atoms with Gasteiger partial charge in [-0.2, -0.15) is 5.26 Å². The Balaban J connectivity index is 1.80. The molecule has 0 radical (unpaired) electrons. The van der Waals surface area contributed by atoms with Crippen molar-refractivity contribution in [2.24, 2.45) is 5.92 Å². The average molecular weight is 364 g/mol. The highest BCUT2D eigenvalue weighted by Crippen LogP contribution is 2.27. The Labute approximate surface area is 161 Å². The summed E-state index contributed by atoms with van der Waals surface area (Å²) in [7, 11) is 0. The van der Waals surface area contributed by atoms with Crippen molar-refractivity contribution < 1.29 is 4.79 Å². The molecule has 5 heteroatoms. The first-order chi connectivity index (χ1) is 13.0. The van der Waals surface area contributed by atoms with E-state index in [1.165, 1.54) is 0 Å². The van der Waals surface area contributed by atoms with E-state index in [0.29, 0.717) is 24.5 Å². The zero-order valence-corrected chi connectivity index (χ0v) is 16.5. The first kappa shape index (κ1) is 19.2. The lowest BCUT2D eigenvalue weighted by Gasteiger charge is -2.29. The lowest BCUT2D eigenvalue weighted by atomic mass is 9.99. The fourth-order valence-electron chi connectivity index (χ4n) is 3.69. The topological polar surface area (TPSA) is 61.1 Å². The van der Waals surface area contributed by atoms with Gasteiger partial charge in [0.1, 0.15) is 11.9 Å². The average Bonchev–Trinajstić information content (AvgIpc) is 2.88. The molecule has 1 fully saturated rings. The number of nitriles is 1. The zero-order chi connectivity index (χ0) is 19.4. The maximum Gasteiger partial charge on any atom is 0.239 e. The minimum absolute atomic E-state index is 0.0483. The van der Waals surface area contributed by atoms with Gasteiger partial charge in [-0.05, 0) is 56.8 Å². The molecule has 1 aromatic carbocycles. The number of hydrogen-bond donors (Lipinski definition) is 1. The third kappa shape index (κ3) is 4.40. The number of hydrogen-bond acceptors (Lipinski definition) is 3. The third-order valence-corrected chi connectivity index (χ3v) is 5.63. The van der Waals surface area contributed by atoms with Crippen LogP contribution in [-0.2, 0) is 11.3 Å². The van der Waals surface area contributed by atoms with Crippen LogP contribution in [0.4, 0.5) is 5.82 Å². The van der Waals surface area contributed by atoms with Gasteiger partial charge < -0.3 is 9.88 Å². The van der Waals surface area contributed by atoms with E-state index >= 15 is 0 Å². The van der Waals surface area contributed by atoms with Crippen LogP contribution < -0.4 is 5.32 Å². The van der Waals surface area contributed by atoms with Gasteiger partial charge in [-0.1, -0.05) is 37.3 Å². The molecule has 0 bridgehead atoms. The van der Waals surface area contributed by atoms with Gasteiger partial charge in [-0.25, -0.2) is 0 Å². The highest BCUT2D eigenvalue weighted by Gasteiger charge is 2.22. The van der Waals surface area contributed by atoms with E-state index in [4.69, 9.17) is 0 Å². The van der Waals surface area contributed by atoms with Gasteiger partial charge in [0.05, 0.1) is 12.1 Å². The van der Waals surface area contributed by atoms with Crippen molar-refractivity contribution in [2.45, 2.75) is 40.2 Å². The second kappa shape index (κ2) is 8.41. The van der Waals surface area contributed by atoms with Crippen LogP contribution in [-0.4, -0.2) is 35.0 Å². The molecule has 1 saturated heterocycles. The standard InChI is InChI=1S/C22H28N4O/c1-16-9-11-25(12-10-16)15-21(27)24-22-20(13-23)17(2)18(3)26(22)14-19-7-5-4-6-8-19/h4-8,16H,9-12,14-15H2,1-3H3,(H,24,27). The number of nitrogens with zero attached hydrogens (tertiary/aromatic N) is 3. The second-order valence-corrected chi connectivity index (χ2v) is 7.62. The first-order valence-electron chi connectivity index (χ1n) is 9.65. The van der Waals surface area contributed by atoms with Crippen LogP contribution >= 0.6 is 0 Å². The largest absolute Gasteiger partial charge is 0.326 e. The van der Waals surface area contributed by atoms with E-state index in [9.17, 15) is 10.1 Å². The lowest BCUT2D eigenvalue weighted by molar-refractivity contribution is -0.117. The van der Waals surface area contributed by atoms with Gasteiger partial charge in [0.15, 0.2) is 0 Å². The Kier molecular flexibility index (Phi) is 5.98. The second-order valence-electron chi connectivity index (χ2n) is 7.62. The van der Waals surface area contributed by atoms with Gasteiger partial charge >= 0.3 is 0 Å². The summed E-state index contributed by atoms with van der Waals surface area (Å²) >= 11 is 0. The Morgan fingerprint density at radius 1 is 1.22 bits per heavy atom. The summed E-state index contributed by atoms with van der Waals surface area (Å²) in [4.78, 5) is 14.9. The van der Waals surface area contributed by atoms with E-state index in [1.807, 2.05) is 36.6 Å². The number of benzene rings is 1. The zero-order valence-electron chi connectivity index (χ0n) is 16.5. The predicted molar refractivity (Wildman–Crippen MR) is 108 cm³/mol. The number of carbonyl (C=O) groups excluding carboxylic acids is 1. The van der Waals surface area contributed by atoms with Gasteiger partial charge in [-0.15, -0.1) is 0 Å². The molecule has 0 spiro atoms. The number of nitrogens with one attached hydrogen (secondary N) is 1. The number of anilines is 1. The van der Waals surface area contributed by atoms with Crippen molar-refractivity contribution in [1.29, 1.82) is 5.26 Å². The molecule has 0 atom stereocenters. The number of carbonyl (C=O) groups is 1. The maximum absolute atomic E-state index is 12.7. The summed E-state index contributed by atoms with van der Waals surface area (Å²) in [5.74, 6) is 1.31. The number of piperidine rings is 1. The fraction of sp³-hybridized carbons (Fsp3) is 0.455. The molecule has 0 unspecified atom stereocenters. The monoisotopic (exact) mass is 364 g/mol. The van der Waals surface area contributed by atoms with E-state index in [2.05, 4.69) is 35.3 Å². The van der Waals surface area contributed by atoms with Crippen molar-refractivity contribution in [1.82, 2.24) is 9.47 Å². The van der Waals surface area contributed by atoms with E-state index in [1.54, 1.807) is 0 Å². The van der Waals surface area contributed by atoms with Crippen LogP contribution in [0.1, 0.15) is 42.1 Å². The molecule has 2 aromatic rings. The Bertz CT molecular complexity index is 839. The number of amides is 1.